The smallest absolute Gasteiger partial charge is 0.0785 e. The van der Waals surface area contributed by atoms with E-state index < -0.39 is 0 Å². The lowest BCUT2D eigenvalue weighted by molar-refractivity contribution is 1.01. The molecule has 0 fully saturated rings. The third-order valence-corrected chi connectivity index (χ3v) is 5.96. The third-order valence-electron chi connectivity index (χ3n) is 5.96. The van der Waals surface area contributed by atoms with Crippen molar-refractivity contribution in [3.8, 4) is 5.69 Å². The SMILES string of the molecule is Cc1ccc2c(c1)c1ccc3c4ccccc4n(C)c3c1n2-c1ccccc1. The standard InChI is InChI=1S/C26H20N2/c1-17-12-15-24-22(16-17)21-14-13-20-19-10-6-7-11-23(19)27(2)25(20)26(21)28(24)18-8-4-3-5-9-18/h3-16H,1-2H3. The molecule has 2 heteroatoms. The summed E-state index contributed by atoms with van der Waals surface area (Å²) in [5.74, 6) is 0. The van der Waals surface area contributed by atoms with E-state index >= 15 is 0 Å². The number of fused-ring (bicyclic) bond motifs is 7. The lowest BCUT2D eigenvalue weighted by atomic mass is 10.1. The van der Waals surface area contributed by atoms with Crippen LogP contribution in [0, 0.1) is 6.92 Å². The van der Waals surface area contributed by atoms with Crippen LogP contribution in [0.5, 0.6) is 0 Å². The molecule has 0 aliphatic carbocycles. The summed E-state index contributed by atoms with van der Waals surface area (Å²) in [6, 6.07) is 30.7. The van der Waals surface area contributed by atoms with E-state index in [-0.39, 0.29) is 0 Å². The molecule has 0 radical (unpaired) electrons. The van der Waals surface area contributed by atoms with E-state index in [1.165, 1.54) is 54.9 Å². The van der Waals surface area contributed by atoms with Crippen LogP contribution in [0.1, 0.15) is 5.56 Å². The van der Waals surface area contributed by atoms with Crippen molar-refractivity contribution < 1.29 is 0 Å². The van der Waals surface area contributed by atoms with E-state index in [1.54, 1.807) is 0 Å². The van der Waals surface area contributed by atoms with Crippen LogP contribution in [0.15, 0.2) is 84.9 Å². The van der Waals surface area contributed by atoms with Crippen molar-refractivity contribution in [2.45, 2.75) is 6.92 Å². The van der Waals surface area contributed by atoms with Gasteiger partial charge >= 0.3 is 0 Å². The Morgan fingerprint density at radius 2 is 1.29 bits per heavy atom. The Labute approximate surface area is 163 Å². The van der Waals surface area contributed by atoms with Crippen LogP contribution >= 0.6 is 0 Å². The number of hydrogen-bond acceptors (Lipinski definition) is 0. The Bertz CT molecular complexity index is 1510. The fourth-order valence-electron chi connectivity index (χ4n) is 4.72. The number of hydrogen-bond donors (Lipinski definition) is 0. The number of aromatic nitrogens is 2. The van der Waals surface area contributed by atoms with Gasteiger partial charge in [0, 0.05) is 39.8 Å². The van der Waals surface area contributed by atoms with Crippen molar-refractivity contribution in [1.82, 2.24) is 9.13 Å². The van der Waals surface area contributed by atoms with Crippen molar-refractivity contribution in [3.05, 3.63) is 90.5 Å². The molecule has 0 spiro atoms. The number of nitrogens with zero attached hydrogens (tertiary/aromatic N) is 2. The van der Waals surface area contributed by atoms with E-state index in [1.807, 2.05) is 0 Å². The zero-order chi connectivity index (χ0) is 18.8. The van der Waals surface area contributed by atoms with Gasteiger partial charge in [-0.3, -0.25) is 0 Å². The van der Waals surface area contributed by atoms with Gasteiger partial charge in [0.2, 0.25) is 0 Å². The van der Waals surface area contributed by atoms with Gasteiger partial charge in [-0.05, 0) is 37.3 Å². The third kappa shape index (κ3) is 1.92. The molecule has 4 aromatic carbocycles. The van der Waals surface area contributed by atoms with Crippen molar-refractivity contribution in [2.24, 2.45) is 7.05 Å². The molecule has 2 aromatic heterocycles. The lowest BCUT2D eigenvalue weighted by Gasteiger charge is -2.09. The molecule has 0 atom stereocenters. The molecule has 0 N–H and O–H groups in total. The minimum atomic E-state index is 1.20. The maximum Gasteiger partial charge on any atom is 0.0785 e. The molecule has 0 aliphatic heterocycles. The highest BCUT2D eigenvalue weighted by atomic mass is 15.0. The van der Waals surface area contributed by atoms with Crippen molar-refractivity contribution in [2.75, 3.05) is 0 Å². The molecule has 6 aromatic rings. The predicted octanol–water partition coefficient (Wildman–Crippen LogP) is 6.74. The Morgan fingerprint density at radius 3 is 2.11 bits per heavy atom. The lowest BCUT2D eigenvalue weighted by Crippen LogP contribution is -1.96. The zero-order valence-corrected chi connectivity index (χ0v) is 16.0. The average molecular weight is 360 g/mol. The predicted molar refractivity (Wildman–Crippen MR) is 120 cm³/mol. The highest BCUT2D eigenvalue weighted by Gasteiger charge is 2.18. The Balaban J connectivity index is 1.95. The van der Waals surface area contributed by atoms with Gasteiger partial charge in [-0.2, -0.15) is 0 Å². The molecule has 0 saturated heterocycles. The molecule has 0 unspecified atom stereocenters. The Morgan fingerprint density at radius 1 is 0.571 bits per heavy atom. The molecule has 0 aliphatic rings. The molecule has 0 amide bonds. The second-order valence-electron chi connectivity index (χ2n) is 7.63. The molecule has 0 bridgehead atoms. The van der Waals surface area contributed by atoms with Gasteiger partial charge in [0.05, 0.1) is 16.6 Å². The summed E-state index contributed by atoms with van der Waals surface area (Å²) in [4.78, 5) is 0. The maximum atomic E-state index is 2.42. The van der Waals surface area contributed by atoms with E-state index in [0.29, 0.717) is 0 Å². The maximum absolute atomic E-state index is 2.42. The largest absolute Gasteiger partial charge is 0.342 e. The summed E-state index contributed by atoms with van der Waals surface area (Å²) in [5, 5.41) is 5.23. The molecule has 28 heavy (non-hydrogen) atoms. The molecule has 2 nitrogen and oxygen atoms in total. The number of para-hydroxylation sites is 2. The summed E-state index contributed by atoms with van der Waals surface area (Å²) in [5.41, 5.74) is 7.58. The molecule has 2 heterocycles. The van der Waals surface area contributed by atoms with Gasteiger partial charge in [-0.25, -0.2) is 0 Å². The fourth-order valence-corrected chi connectivity index (χ4v) is 4.72. The first-order valence-electron chi connectivity index (χ1n) is 9.70. The quantitative estimate of drug-likeness (QED) is 0.307. The monoisotopic (exact) mass is 360 g/mol. The van der Waals surface area contributed by atoms with Crippen LogP contribution in [0.2, 0.25) is 0 Å². The Kier molecular flexibility index (Phi) is 3.05. The summed E-state index contributed by atoms with van der Waals surface area (Å²) >= 11 is 0. The van der Waals surface area contributed by atoms with E-state index in [2.05, 4.69) is 108 Å². The number of rotatable bonds is 1. The first-order valence-corrected chi connectivity index (χ1v) is 9.70. The van der Waals surface area contributed by atoms with Crippen LogP contribution in [0.4, 0.5) is 0 Å². The normalized spacial score (nSPS) is 11.9. The summed E-state index contributed by atoms with van der Waals surface area (Å²) in [6.45, 7) is 2.17. The van der Waals surface area contributed by atoms with Crippen LogP contribution in [-0.2, 0) is 7.05 Å². The minimum Gasteiger partial charge on any atom is -0.342 e. The van der Waals surface area contributed by atoms with Crippen molar-refractivity contribution >= 4 is 43.6 Å². The Hall–Kier alpha value is -3.52. The van der Waals surface area contributed by atoms with Gasteiger partial charge in [0.15, 0.2) is 0 Å². The zero-order valence-electron chi connectivity index (χ0n) is 16.0. The fraction of sp³-hybridized carbons (Fsp3) is 0.0769. The second-order valence-corrected chi connectivity index (χ2v) is 7.63. The van der Waals surface area contributed by atoms with Crippen molar-refractivity contribution in [3.63, 3.8) is 0 Å². The molecular weight excluding hydrogens is 340 g/mol. The van der Waals surface area contributed by atoms with Gasteiger partial charge in [-0.1, -0.05) is 60.2 Å². The van der Waals surface area contributed by atoms with Crippen LogP contribution in [0.3, 0.4) is 0 Å². The molecule has 6 rings (SSSR count). The van der Waals surface area contributed by atoms with Crippen LogP contribution < -0.4 is 0 Å². The summed E-state index contributed by atoms with van der Waals surface area (Å²) in [7, 11) is 2.18. The van der Waals surface area contributed by atoms with Gasteiger partial charge < -0.3 is 9.13 Å². The minimum absolute atomic E-state index is 1.20. The first-order chi connectivity index (χ1) is 13.7. The highest BCUT2D eigenvalue weighted by Crippen LogP contribution is 2.39. The number of aryl methyl sites for hydroxylation is 2. The van der Waals surface area contributed by atoms with E-state index in [4.69, 9.17) is 0 Å². The van der Waals surface area contributed by atoms with Crippen LogP contribution in [0.25, 0.3) is 49.3 Å². The van der Waals surface area contributed by atoms with Crippen molar-refractivity contribution in [1.29, 1.82) is 0 Å². The van der Waals surface area contributed by atoms with E-state index in [9.17, 15) is 0 Å². The second kappa shape index (κ2) is 5.49. The van der Waals surface area contributed by atoms with Gasteiger partial charge in [0.25, 0.3) is 0 Å². The summed E-state index contributed by atoms with van der Waals surface area (Å²) < 4.78 is 4.77. The van der Waals surface area contributed by atoms with Crippen LogP contribution in [-0.4, -0.2) is 9.13 Å². The van der Waals surface area contributed by atoms with Gasteiger partial charge in [-0.15, -0.1) is 0 Å². The number of benzene rings is 4. The summed E-state index contributed by atoms with van der Waals surface area (Å²) in [6.07, 6.45) is 0. The molecule has 134 valence electrons. The topological polar surface area (TPSA) is 9.86 Å². The molecular formula is C26H20N2. The first kappa shape index (κ1) is 15.5. The average Bonchev–Trinajstić information content (AvgIpc) is 3.21. The van der Waals surface area contributed by atoms with E-state index in [0.717, 1.165) is 0 Å². The highest BCUT2D eigenvalue weighted by molar-refractivity contribution is 6.23. The van der Waals surface area contributed by atoms with Gasteiger partial charge in [0.1, 0.15) is 0 Å². The molecule has 0 saturated carbocycles.